The zero-order valence-corrected chi connectivity index (χ0v) is 9.61. The maximum Gasteiger partial charge on any atom is 0.206 e. The van der Waals surface area contributed by atoms with Gasteiger partial charge in [0.05, 0.1) is 21.4 Å². The van der Waals surface area contributed by atoms with E-state index in [1.54, 1.807) is 12.1 Å². The van der Waals surface area contributed by atoms with Gasteiger partial charge in [0, 0.05) is 0 Å². The molecule has 4 heteroatoms. The van der Waals surface area contributed by atoms with Crippen LogP contribution in [0.5, 0.6) is 0 Å². The van der Waals surface area contributed by atoms with Crippen LogP contribution in [0.3, 0.4) is 0 Å². The van der Waals surface area contributed by atoms with Gasteiger partial charge in [-0.25, -0.2) is 8.42 Å². The molecule has 0 bridgehead atoms. The van der Waals surface area contributed by atoms with Crippen molar-refractivity contribution in [1.29, 1.82) is 5.26 Å². The summed E-state index contributed by atoms with van der Waals surface area (Å²) in [6, 6.07) is 16.7. The van der Waals surface area contributed by atoms with Gasteiger partial charge in [-0.2, -0.15) is 5.26 Å². The Morgan fingerprint density at radius 1 is 0.941 bits per heavy atom. The van der Waals surface area contributed by atoms with E-state index in [1.165, 1.54) is 36.4 Å². The van der Waals surface area contributed by atoms with E-state index in [4.69, 9.17) is 5.26 Å². The first kappa shape index (κ1) is 11.4. The maximum absolute atomic E-state index is 12.1. The van der Waals surface area contributed by atoms with Crippen molar-refractivity contribution in [2.24, 2.45) is 0 Å². The van der Waals surface area contributed by atoms with E-state index in [9.17, 15) is 8.42 Å². The van der Waals surface area contributed by atoms with Crippen LogP contribution < -0.4 is 0 Å². The van der Waals surface area contributed by atoms with Gasteiger partial charge in [0.1, 0.15) is 0 Å². The molecule has 3 nitrogen and oxygen atoms in total. The number of hydrogen-bond donors (Lipinski definition) is 0. The molecule has 0 unspecified atom stereocenters. The zero-order chi connectivity index (χ0) is 12.3. The van der Waals surface area contributed by atoms with Gasteiger partial charge >= 0.3 is 0 Å². The smallest absolute Gasteiger partial charge is 0.206 e. The molecule has 0 amide bonds. The Balaban J connectivity index is 2.50. The highest BCUT2D eigenvalue weighted by Gasteiger charge is 2.16. The standard InChI is InChI=1S/C13H8NO2S/c14-10-11-6-8-13(9-7-11)17(15,16)12-4-2-1-3-5-12/h2-9H. The topological polar surface area (TPSA) is 57.9 Å². The molecule has 0 fully saturated rings. The average molecular weight is 242 g/mol. The molecule has 0 N–H and O–H groups in total. The minimum atomic E-state index is -3.49. The average Bonchev–Trinajstić information content (AvgIpc) is 2.40. The molecule has 83 valence electrons. The maximum atomic E-state index is 12.1. The summed E-state index contributed by atoms with van der Waals surface area (Å²) in [4.78, 5) is 0.406. The van der Waals surface area contributed by atoms with Crippen LogP contribution in [0.4, 0.5) is 0 Å². The van der Waals surface area contributed by atoms with Gasteiger partial charge in [0.25, 0.3) is 0 Å². The quantitative estimate of drug-likeness (QED) is 0.811. The Bertz CT molecular complexity index is 653. The Kier molecular flexibility index (Phi) is 2.94. The second kappa shape index (κ2) is 4.40. The summed E-state index contributed by atoms with van der Waals surface area (Å²) in [7, 11) is -3.49. The van der Waals surface area contributed by atoms with Crippen LogP contribution in [-0.4, -0.2) is 8.42 Å². The first-order valence-electron chi connectivity index (χ1n) is 4.86. The van der Waals surface area contributed by atoms with Gasteiger partial charge in [-0.1, -0.05) is 12.1 Å². The van der Waals surface area contributed by atoms with E-state index in [1.807, 2.05) is 6.07 Å². The lowest BCUT2D eigenvalue weighted by molar-refractivity contribution is 0.596. The van der Waals surface area contributed by atoms with Crippen molar-refractivity contribution >= 4 is 9.84 Å². The van der Waals surface area contributed by atoms with Crippen LogP contribution >= 0.6 is 0 Å². The zero-order valence-electron chi connectivity index (χ0n) is 8.79. The van der Waals surface area contributed by atoms with Gasteiger partial charge in [0.2, 0.25) is 9.84 Å². The first-order chi connectivity index (χ1) is 8.14. The normalized spacial score (nSPS) is 10.8. The fraction of sp³-hybridized carbons (Fsp3) is 0. The fourth-order valence-electron chi connectivity index (χ4n) is 1.40. The number of benzene rings is 2. The molecule has 0 spiro atoms. The van der Waals surface area contributed by atoms with E-state index >= 15 is 0 Å². The van der Waals surface area contributed by atoms with Crippen molar-refractivity contribution in [3.05, 3.63) is 60.2 Å². The Labute approximate surface area is 99.9 Å². The largest absolute Gasteiger partial charge is 0.219 e. The summed E-state index contributed by atoms with van der Waals surface area (Å²) in [6.45, 7) is 0. The van der Waals surface area contributed by atoms with Crippen molar-refractivity contribution in [3.8, 4) is 6.07 Å². The third-order valence-corrected chi connectivity index (χ3v) is 4.08. The Hall–Kier alpha value is -2.12. The lowest BCUT2D eigenvalue weighted by atomic mass is 10.2. The highest BCUT2D eigenvalue weighted by atomic mass is 32.2. The van der Waals surface area contributed by atoms with E-state index in [0.29, 0.717) is 5.56 Å². The van der Waals surface area contributed by atoms with Gasteiger partial charge in [-0.3, -0.25) is 0 Å². The van der Waals surface area contributed by atoms with Crippen molar-refractivity contribution in [2.75, 3.05) is 0 Å². The van der Waals surface area contributed by atoms with Crippen molar-refractivity contribution < 1.29 is 8.42 Å². The number of nitrogens with zero attached hydrogens (tertiary/aromatic N) is 1. The molecule has 0 saturated heterocycles. The molecule has 0 aliphatic carbocycles. The molecule has 17 heavy (non-hydrogen) atoms. The monoisotopic (exact) mass is 242 g/mol. The predicted molar refractivity (Wildman–Crippen MR) is 61.9 cm³/mol. The summed E-state index contributed by atoms with van der Waals surface area (Å²) in [5.74, 6) is 0. The first-order valence-corrected chi connectivity index (χ1v) is 6.34. The van der Waals surface area contributed by atoms with Crippen LogP contribution in [0.25, 0.3) is 0 Å². The molecular weight excluding hydrogens is 234 g/mol. The summed E-state index contributed by atoms with van der Waals surface area (Å²) in [5.41, 5.74) is 0.436. The minimum Gasteiger partial charge on any atom is -0.219 e. The molecule has 0 heterocycles. The third kappa shape index (κ3) is 2.19. The molecule has 2 aromatic rings. The van der Waals surface area contributed by atoms with Crippen molar-refractivity contribution in [3.63, 3.8) is 0 Å². The summed E-state index contributed by atoms with van der Waals surface area (Å²) < 4.78 is 24.3. The lowest BCUT2D eigenvalue weighted by Gasteiger charge is -2.03. The van der Waals surface area contributed by atoms with E-state index in [0.717, 1.165) is 0 Å². The minimum absolute atomic E-state index is 0.183. The SMILES string of the molecule is N#Cc1ccc(S(=O)(=O)c2cc[c]cc2)cc1. The molecule has 0 saturated carbocycles. The van der Waals surface area contributed by atoms with Crippen LogP contribution in [0.2, 0.25) is 0 Å². The molecule has 0 aromatic heterocycles. The fourth-order valence-corrected chi connectivity index (χ4v) is 2.66. The number of sulfone groups is 1. The van der Waals surface area contributed by atoms with Gasteiger partial charge in [0.15, 0.2) is 0 Å². The highest BCUT2D eigenvalue weighted by molar-refractivity contribution is 7.91. The summed E-state index contributed by atoms with van der Waals surface area (Å²) >= 11 is 0. The van der Waals surface area contributed by atoms with Crippen molar-refractivity contribution in [1.82, 2.24) is 0 Å². The number of hydrogen-bond acceptors (Lipinski definition) is 3. The lowest BCUT2D eigenvalue weighted by Crippen LogP contribution is -2.01. The van der Waals surface area contributed by atoms with Crippen LogP contribution in [0, 0.1) is 17.4 Å². The molecule has 0 aliphatic heterocycles. The highest BCUT2D eigenvalue weighted by Crippen LogP contribution is 2.20. The summed E-state index contributed by atoms with van der Waals surface area (Å²) in [5, 5.41) is 8.64. The van der Waals surface area contributed by atoms with Crippen LogP contribution in [0.15, 0.2) is 58.3 Å². The molecule has 0 atom stereocenters. The second-order valence-electron chi connectivity index (χ2n) is 3.38. The van der Waals surface area contributed by atoms with Crippen LogP contribution in [-0.2, 0) is 9.84 Å². The summed E-state index contributed by atoms with van der Waals surface area (Å²) in [6.07, 6.45) is 0. The molecule has 2 aromatic carbocycles. The van der Waals surface area contributed by atoms with Gasteiger partial charge in [-0.15, -0.1) is 0 Å². The molecular formula is C13H8NO2S. The Morgan fingerprint density at radius 3 is 2.00 bits per heavy atom. The van der Waals surface area contributed by atoms with Crippen LogP contribution in [0.1, 0.15) is 5.56 Å². The number of nitriles is 1. The van der Waals surface area contributed by atoms with Gasteiger partial charge < -0.3 is 0 Å². The van der Waals surface area contributed by atoms with E-state index < -0.39 is 9.84 Å². The van der Waals surface area contributed by atoms with E-state index in [-0.39, 0.29) is 9.79 Å². The number of rotatable bonds is 2. The van der Waals surface area contributed by atoms with E-state index in [2.05, 4.69) is 6.07 Å². The molecule has 1 radical (unpaired) electrons. The van der Waals surface area contributed by atoms with Gasteiger partial charge in [-0.05, 0) is 42.5 Å². The third-order valence-electron chi connectivity index (χ3n) is 2.29. The second-order valence-corrected chi connectivity index (χ2v) is 5.33. The molecule has 2 rings (SSSR count). The van der Waals surface area contributed by atoms with Crippen molar-refractivity contribution in [2.45, 2.75) is 9.79 Å². The Morgan fingerprint density at radius 2 is 1.47 bits per heavy atom. The predicted octanol–water partition coefficient (Wildman–Crippen LogP) is 2.19. The molecule has 0 aliphatic rings.